The molecule has 0 atom stereocenters. The SMILES string of the molecule is Fc1c(F)c(F)c([B-](c2c(F)c(F)c(F)c(F)c2F)(c2c(F)c(F)c(F)c(F)c2F)[n+]2ccc(-c3ccc4c(c3)sc3c5ccccc5sc43)cc2)c(F)c1F. The third kappa shape index (κ3) is 4.95. The molecule has 0 unspecified atom stereocenters. The third-order valence-electron chi connectivity index (χ3n) is 9.61. The summed E-state index contributed by atoms with van der Waals surface area (Å²) in [5, 5.41) is 1.77. The summed E-state index contributed by atoms with van der Waals surface area (Å²) in [6, 6.07) is 14.2. The smallest absolute Gasteiger partial charge is 0.377 e. The highest BCUT2D eigenvalue weighted by Crippen LogP contribution is 2.45. The van der Waals surface area contributed by atoms with Crippen LogP contribution in [-0.2, 0) is 0 Å². The van der Waals surface area contributed by atoms with Gasteiger partial charge < -0.3 is 4.48 Å². The van der Waals surface area contributed by atoms with E-state index in [1.807, 2.05) is 24.3 Å². The minimum absolute atomic E-state index is 0.0571. The van der Waals surface area contributed by atoms with Crippen molar-refractivity contribution in [1.82, 2.24) is 0 Å². The molecule has 0 spiro atoms. The Kier molecular flexibility index (Phi) is 8.68. The molecule has 0 aliphatic carbocycles. The maximum atomic E-state index is 16.0. The highest BCUT2D eigenvalue weighted by atomic mass is 32.1. The number of thiophene rings is 2. The number of benzene rings is 5. The Balaban J connectivity index is 1.49. The van der Waals surface area contributed by atoms with Crippen LogP contribution < -0.4 is 20.9 Å². The van der Waals surface area contributed by atoms with Gasteiger partial charge in [0.2, 0.25) is 0 Å². The van der Waals surface area contributed by atoms with Crippen molar-refractivity contribution in [2.24, 2.45) is 0 Å². The number of aromatic nitrogens is 1. The molecule has 0 radical (unpaired) electrons. The van der Waals surface area contributed by atoms with E-state index in [4.69, 9.17) is 0 Å². The summed E-state index contributed by atoms with van der Waals surface area (Å²) in [7, 11) is 0. The van der Waals surface area contributed by atoms with E-state index in [1.54, 1.807) is 18.2 Å². The Bertz CT molecular complexity index is 2740. The van der Waals surface area contributed by atoms with Gasteiger partial charge in [-0.15, -0.1) is 22.7 Å². The minimum atomic E-state index is -5.94. The number of rotatable bonds is 5. The van der Waals surface area contributed by atoms with E-state index in [9.17, 15) is 39.5 Å². The van der Waals surface area contributed by atoms with Crippen LogP contribution in [0.5, 0.6) is 0 Å². The van der Waals surface area contributed by atoms with Crippen molar-refractivity contribution < 1.29 is 70.3 Å². The third-order valence-corrected chi connectivity index (χ3v) is 12.1. The highest BCUT2D eigenvalue weighted by Gasteiger charge is 2.57. The topological polar surface area (TPSA) is 3.88 Å². The molecule has 1 nitrogen and oxygen atoms in total. The quantitative estimate of drug-likeness (QED) is 0.0705. The maximum absolute atomic E-state index is 16.0. The first-order valence-electron chi connectivity index (χ1n) is 15.6. The summed E-state index contributed by atoms with van der Waals surface area (Å²) >= 11 is 2.89. The van der Waals surface area contributed by atoms with Crippen LogP contribution in [0.4, 0.5) is 65.9 Å². The van der Waals surface area contributed by atoms with Gasteiger partial charge >= 0.3 is 6.28 Å². The molecule has 8 rings (SSSR count). The van der Waals surface area contributed by atoms with Crippen molar-refractivity contribution in [3.8, 4) is 11.1 Å². The van der Waals surface area contributed by atoms with Gasteiger partial charge in [0.15, 0.2) is 52.4 Å². The number of halogens is 15. The van der Waals surface area contributed by atoms with Gasteiger partial charge in [-0.25, -0.2) is 65.9 Å². The van der Waals surface area contributed by atoms with E-state index in [-0.39, 0.29) is 10.0 Å². The van der Waals surface area contributed by atoms with Gasteiger partial charge in [0, 0.05) is 32.3 Å². The minimum Gasteiger partial charge on any atom is -0.414 e. The standard InChI is InChI=1S/C37H11BF15NS2/c39-21-18(22(40)28(46)33(51)27(21)45)38(19-23(41)29(47)34(52)30(48)24(19)42,20-25(43)31(49)35(53)32(50)26(20)44)54-9-7-12(8-10-54)13-5-6-15-17(11-13)56-36-14-3-1-2-4-16(14)55-37(15)36/h1-11H. The van der Waals surface area contributed by atoms with Crippen LogP contribution in [0.1, 0.15) is 0 Å². The Morgan fingerprint density at radius 2 is 0.714 bits per heavy atom. The molecule has 284 valence electrons. The van der Waals surface area contributed by atoms with Crippen LogP contribution in [0.15, 0.2) is 67.0 Å². The maximum Gasteiger partial charge on any atom is 0.377 e. The van der Waals surface area contributed by atoms with E-state index in [1.165, 1.54) is 22.7 Å². The van der Waals surface area contributed by atoms with Crippen LogP contribution in [0.3, 0.4) is 0 Å². The lowest BCUT2D eigenvalue weighted by Gasteiger charge is -2.38. The molecule has 0 fully saturated rings. The lowest BCUT2D eigenvalue weighted by Crippen LogP contribution is -2.88. The Morgan fingerprint density at radius 1 is 0.357 bits per heavy atom. The van der Waals surface area contributed by atoms with Crippen LogP contribution in [0.2, 0.25) is 0 Å². The predicted molar refractivity (Wildman–Crippen MR) is 179 cm³/mol. The van der Waals surface area contributed by atoms with Crippen LogP contribution in [0, 0.1) is 87.3 Å². The van der Waals surface area contributed by atoms with Gasteiger partial charge in [-0.1, -0.05) is 30.3 Å². The van der Waals surface area contributed by atoms with Crippen molar-refractivity contribution in [2.75, 3.05) is 0 Å². The number of hydrogen-bond donors (Lipinski definition) is 0. The van der Waals surface area contributed by atoms with Gasteiger partial charge in [-0.05, 0) is 39.6 Å². The van der Waals surface area contributed by atoms with E-state index in [2.05, 4.69) is 0 Å². The summed E-state index contributed by atoms with van der Waals surface area (Å²) < 4.78 is 232. The second kappa shape index (κ2) is 13.0. The molecule has 0 amide bonds. The second-order valence-corrected chi connectivity index (χ2v) is 14.5. The van der Waals surface area contributed by atoms with Gasteiger partial charge in [0.25, 0.3) is 0 Å². The van der Waals surface area contributed by atoms with Gasteiger partial charge in [-0.2, -0.15) is 0 Å². The van der Waals surface area contributed by atoms with Gasteiger partial charge in [-0.3, -0.25) is 0 Å². The molecule has 5 aromatic carbocycles. The van der Waals surface area contributed by atoms with Crippen molar-refractivity contribution >= 4 is 74.9 Å². The Morgan fingerprint density at radius 3 is 1.14 bits per heavy atom. The van der Waals surface area contributed by atoms with Crippen LogP contribution in [0.25, 0.3) is 40.7 Å². The van der Waals surface area contributed by atoms with Crippen molar-refractivity contribution in [3.05, 3.63) is 154 Å². The summed E-state index contributed by atoms with van der Waals surface area (Å²) in [6.45, 7) is 0. The normalized spacial score (nSPS) is 12.2. The average molecular weight is 829 g/mol. The number of nitrogens with zero attached hydrogens (tertiary/aromatic N) is 1. The summed E-state index contributed by atoms with van der Waals surface area (Å²) in [5.41, 5.74) is -7.81. The first kappa shape index (κ1) is 37.4. The molecule has 0 saturated carbocycles. The number of pyridine rings is 1. The molecule has 3 heterocycles. The highest BCUT2D eigenvalue weighted by molar-refractivity contribution is 7.36. The molecule has 0 aliphatic heterocycles. The van der Waals surface area contributed by atoms with E-state index >= 15 is 26.3 Å². The van der Waals surface area contributed by atoms with Crippen molar-refractivity contribution in [1.29, 1.82) is 0 Å². The largest absolute Gasteiger partial charge is 0.414 e. The molecule has 0 bridgehead atoms. The fraction of sp³-hybridized carbons (Fsp3) is 0. The predicted octanol–water partition coefficient (Wildman–Crippen LogP) is 9.83. The molecule has 0 saturated heterocycles. The monoisotopic (exact) mass is 829 g/mol. The summed E-state index contributed by atoms with van der Waals surface area (Å²) in [6.07, 6.45) is -5.12. The number of hydrogen-bond acceptors (Lipinski definition) is 2. The van der Waals surface area contributed by atoms with Crippen LogP contribution >= 0.6 is 22.7 Å². The zero-order valence-electron chi connectivity index (χ0n) is 26.9. The van der Waals surface area contributed by atoms with E-state index in [0.29, 0.717) is 22.7 Å². The lowest BCUT2D eigenvalue weighted by atomic mass is 9.23. The first-order valence-corrected chi connectivity index (χ1v) is 17.2. The lowest BCUT2D eigenvalue weighted by molar-refractivity contribution is -0.539. The Labute approximate surface area is 310 Å². The van der Waals surface area contributed by atoms with E-state index in [0.717, 1.165) is 37.0 Å². The molecular formula is C37H11BF15NS2. The summed E-state index contributed by atoms with van der Waals surface area (Å²) in [4.78, 5) is 0. The van der Waals surface area contributed by atoms with Crippen molar-refractivity contribution in [2.45, 2.75) is 0 Å². The van der Waals surface area contributed by atoms with Crippen molar-refractivity contribution in [3.63, 3.8) is 0 Å². The zero-order valence-corrected chi connectivity index (χ0v) is 28.5. The Hall–Kier alpha value is -5.56. The molecule has 8 aromatic rings. The number of fused-ring (bicyclic) bond motifs is 5. The second-order valence-electron chi connectivity index (χ2n) is 12.4. The summed E-state index contributed by atoms with van der Waals surface area (Å²) in [5.74, 6) is -45.9. The zero-order chi connectivity index (χ0) is 40.3. The fourth-order valence-corrected chi connectivity index (χ4v) is 9.81. The van der Waals surface area contributed by atoms with Gasteiger partial charge in [0.05, 0.1) is 9.40 Å². The molecular weight excluding hydrogens is 818 g/mol. The fourth-order valence-electron chi connectivity index (χ4n) is 7.12. The molecule has 3 aromatic heterocycles. The van der Waals surface area contributed by atoms with E-state index < -0.39 is 110 Å². The molecule has 19 heteroatoms. The molecule has 0 N–H and O–H groups in total. The average Bonchev–Trinajstić information content (AvgIpc) is 3.75. The molecule has 56 heavy (non-hydrogen) atoms. The molecule has 0 aliphatic rings. The van der Waals surface area contributed by atoms with Crippen LogP contribution in [-0.4, -0.2) is 6.28 Å². The van der Waals surface area contributed by atoms with Gasteiger partial charge in [0.1, 0.15) is 47.3 Å². The first-order chi connectivity index (χ1) is 26.5.